The van der Waals surface area contributed by atoms with Crippen LogP contribution >= 0.6 is 11.6 Å². The van der Waals surface area contributed by atoms with Gasteiger partial charge in [-0.2, -0.15) is 5.10 Å². The SMILES string of the molecule is CNc1cncc(COc2cc(OCc3cccc(-c4cccc(-c5ccc6c(cnn6CCNC[C@@H](O)CC(=O)O)c5)c4C)c3C)c(Cl)cc2CNC[C@@H](O)CC(=O)O)c1. The van der Waals surface area contributed by atoms with Crippen LogP contribution in [0.3, 0.4) is 0 Å². The molecule has 7 N–H and O–H groups in total. The Balaban J connectivity index is 1.17. The zero-order valence-electron chi connectivity index (χ0n) is 34.3. The molecule has 0 radical (unpaired) electrons. The van der Waals surface area contributed by atoms with Gasteiger partial charge in [0.25, 0.3) is 0 Å². The minimum atomic E-state index is -1.08. The molecule has 14 nitrogen and oxygen atoms in total. The maximum atomic E-state index is 11.0. The van der Waals surface area contributed by atoms with E-state index in [1.54, 1.807) is 24.5 Å². The highest BCUT2D eigenvalue weighted by Gasteiger charge is 2.17. The van der Waals surface area contributed by atoms with E-state index >= 15 is 0 Å². The Labute approximate surface area is 359 Å². The number of carboxylic acids is 2. The first-order valence-electron chi connectivity index (χ1n) is 19.9. The Morgan fingerprint density at radius 1 is 0.770 bits per heavy atom. The number of fused-ring (bicyclic) bond motifs is 1. The molecule has 0 aliphatic carbocycles. The molecule has 0 aliphatic rings. The number of rotatable bonds is 22. The summed E-state index contributed by atoms with van der Waals surface area (Å²) in [6, 6.07) is 24.2. The average molecular weight is 851 g/mol. The number of ether oxygens (including phenoxy) is 2. The van der Waals surface area contributed by atoms with E-state index in [9.17, 15) is 19.8 Å². The van der Waals surface area contributed by atoms with Gasteiger partial charge in [-0.15, -0.1) is 0 Å². The summed E-state index contributed by atoms with van der Waals surface area (Å²) < 4.78 is 14.6. The quantitative estimate of drug-likeness (QED) is 0.0362. The zero-order valence-corrected chi connectivity index (χ0v) is 35.1. The maximum absolute atomic E-state index is 11.0. The van der Waals surface area contributed by atoms with Crippen molar-refractivity contribution in [2.24, 2.45) is 0 Å². The molecule has 320 valence electrons. The predicted octanol–water partition coefficient (Wildman–Crippen LogP) is 6.59. The predicted molar refractivity (Wildman–Crippen MR) is 235 cm³/mol. The van der Waals surface area contributed by atoms with Gasteiger partial charge in [-0.05, 0) is 77.1 Å². The van der Waals surface area contributed by atoms with Crippen molar-refractivity contribution in [1.29, 1.82) is 0 Å². The topological polar surface area (TPSA) is 200 Å². The monoisotopic (exact) mass is 850 g/mol. The number of pyridine rings is 1. The van der Waals surface area contributed by atoms with E-state index in [4.69, 9.17) is 31.3 Å². The van der Waals surface area contributed by atoms with Crippen LogP contribution in [-0.4, -0.2) is 86.0 Å². The molecule has 0 bridgehead atoms. The summed E-state index contributed by atoms with van der Waals surface area (Å²) in [5, 5.41) is 53.0. The van der Waals surface area contributed by atoms with E-state index in [0.717, 1.165) is 61.1 Å². The van der Waals surface area contributed by atoms with Gasteiger partial charge < -0.3 is 45.9 Å². The molecule has 4 aromatic carbocycles. The van der Waals surface area contributed by atoms with E-state index in [0.29, 0.717) is 35.2 Å². The maximum Gasteiger partial charge on any atom is 0.306 e. The number of benzene rings is 4. The molecule has 61 heavy (non-hydrogen) atoms. The van der Waals surface area contributed by atoms with Crippen LogP contribution in [0.15, 0.2) is 91.4 Å². The molecule has 15 heteroatoms. The number of anilines is 1. The fourth-order valence-corrected chi connectivity index (χ4v) is 7.40. The molecule has 6 rings (SSSR count). The number of aliphatic hydroxyl groups excluding tert-OH is 2. The van der Waals surface area contributed by atoms with Gasteiger partial charge in [0.05, 0.1) is 54.0 Å². The number of nitrogens with one attached hydrogen (secondary N) is 3. The van der Waals surface area contributed by atoms with E-state index in [1.807, 2.05) is 36.1 Å². The summed E-state index contributed by atoms with van der Waals surface area (Å²) in [5.74, 6) is -1.17. The minimum absolute atomic E-state index is 0.0706. The highest BCUT2D eigenvalue weighted by molar-refractivity contribution is 6.32. The van der Waals surface area contributed by atoms with Crippen molar-refractivity contribution in [2.45, 2.75) is 65.2 Å². The van der Waals surface area contributed by atoms with Gasteiger partial charge in [0.15, 0.2) is 0 Å². The van der Waals surface area contributed by atoms with E-state index in [-0.39, 0.29) is 45.7 Å². The van der Waals surface area contributed by atoms with Crippen LogP contribution < -0.4 is 25.4 Å². The summed E-state index contributed by atoms with van der Waals surface area (Å²) in [6.45, 7) is 6.29. The number of nitrogens with zero attached hydrogens (tertiary/aromatic N) is 3. The fraction of sp³-hybridized carbons (Fsp3) is 0.304. The lowest BCUT2D eigenvalue weighted by Crippen LogP contribution is -2.31. The number of hydrogen-bond acceptors (Lipinski definition) is 11. The highest BCUT2D eigenvalue weighted by atomic mass is 35.5. The lowest BCUT2D eigenvalue weighted by molar-refractivity contribution is -0.140. The number of hydrogen-bond donors (Lipinski definition) is 7. The lowest BCUT2D eigenvalue weighted by atomic mass is 9.89. The van der Waals surface area contributed by atoms with Gasteiger partial charge in [0.2, 0.25) is 0 Å². The molecule has 0 saturated heterocycles. The molecular formula is C46H51ClN6O8. The van der Waals surface area contributed by atoms with Gasteiger partial charge >= 0.3 is 11.9 Å². The molecule has 2 atom stereocenters. The Kier molecular flexibility index (Phi) is 15.3. The molecule has 0 fully saturated rings. The number of halogens is 1. The molecular weight excluding hydrogens is 800 g/mol. The molecule has 2 aromatic heterocycles. The molecule has 0 spiro atoms. The van der Waals surface area contributed by atoms with Crippen LogP contribution in [-0.2, 0) is 35.9 Å². The summed E-state index contributed by atoms with van der Waals surface area (Å²) in [5.41, 5.74) is 10.9. The van der Waals surface area contributed by atoms with Crippen LogP contribution in [0, 0.1) is 13.8 Å². The first-order chi connectivity index (χ1) is 29.4. The molecule has 0 aliphatic heterocycles. The summed E-state index contributed by atoms with van der Waals surface area (Å²) >= 11 is 6.80. The molecule has 0 saturated carbocycles. The molecule has 0 amide bonds. The second kappa shape index (κ2) is 21.0. The van der Waals surface area contributed by atoms with Gasteiger partial charge in [0.1, 0.15) is 24.7 Å². The Morgan fingerprint density at radius 3 is 2.20 bits per heavy atom. The smallest absolute Gasteiger partial charge is 0.306 e. The van der Waals surface area contributed by atoms with Crippen molar-refractivity contribution >= 4 is 40.1 Å². The number of aromatic nitrogens is 3. The van der Waals surface area contributed by atoms with Crippen molar-refractivity contribution in [1.82, 2.24) is 25.4 Å². The van der Waals surface area contributed by atoms with E-state index in [1.165, 1.54) is 0 Å². The van der Waals surface area contributed by atoms with Crippen LogP contribution in [0.1, 0.15) is 40.7 Å². The first-order valence-corrected chi connectivity index (χ1v) is 20.3. The van der Waals surface area contributed by atoms with Crippen LogP contribution in [0.2, 0.25) is 5.02 Å². The van der Waals surface area contributed by atoms with Crippen molar-refractivity contribution in [3.8, 4) is 33.8 Å². The van der Waals surface area contributed by atoms with Gasteiger partial charge in [-0.1, -0.05) is 54.1 Å². The van der Waals surface area contributed by atoms with Crippen molar-refractivity contribution in [2.75, 3.05) is 32.0 Å². The van der Waals surface area contributed by atoms with Crippen LogP contribution in [0.4, 0.5) is 5.69 Å². The van der Waals surface area contributed by atoms with Crippen molar-refractivity contribution < 1.29 is 39.5 Å². The van der Waals surface area contributed by atoms with Crippen LogP contribution in [0.5, 0.6) is 11.5 Å². The lowest BCUT2D eigenvalue weighted by Gasteiger charge is -2.18. The standard InChI is InChI=1S/C46H51ClN6O8/c1-28-32(27-61-44-19-43(60-26-30-14-35(48-3)23-50-20-30)34(16-41(44)47)21-51-25-37(55)18-46(58)59)6-4-8-39(28)40-9-5-7-38(29(40)2)31-10-11-42-33(15-31)22-52-53(42)13-12-49-24-36(54)17-45(56)57/h4-11,14-16,19-20,22-23,36-37,48-49,51,54-55H,12-13,17-18,21,24-27H2,1-3H3,(H,56,57)(H,58,59)/t36-,37-/m0/s1. The van der Waals surface area contributed by atoms with E-state index in [2.05, 4.69) is 82.3 Å². The minimum Gasteiger partial charge on any atom is -0.488 e. The second-order valence-corrected chi connectivity index (χ2v) is 15.3. The van der Waals surface area contributed by atoms with Gasteiger partial charge in [0, 0.05) is 68.2 Å². The number of aliphatic carboxylic acids is 2. The zero-order chi connectivity index (χ0) is 43.5. The van der Waals surface area contributed by atoms with Crippen LogP contribution in [0.25, 0.3) is 33.2 Å². The third-order valence-corrected chi connectivity index (χ3v) is 10.7. The number of carboxylic acid groups (broad SMARTS) is 2. The molecule has 6 aromatic rings. The van der Waals surface area contributed by atoms with Crippen molar-refractivity contribution in [3.05, 3.63) is 124 Å². The Bertz CT molecular complexity index is 2480. The summed E-state index contributed by atoms with van der Waals surface area (Å²) in [7, 11) is 1.82. The summed E-state index contributed by atoms with van der Waals surface area (Å²) in [6.07, 6.45) is 2.61. The number of aliphatic hydroxyl groups is 2. The van der Waals surface area contributed by atoms with Crippen molar-refractivity contribution in [3.63, 3.8) is 0 Å². The fourth-order valence-electron chi connectivity index (χ4n) is 7.16. The van der Waals surface area contributed by atoms with E-state index < -0.39 is 24.1 Å². The second-order valence-electron chi connectivity index (χ2n) is 14.8. The summed E-state index contributed by atoms with van der Waals surface area (Å²) in [4.78, 5) is 26.1. The molecule has 0 unspecified atom stereocenters. The first kappa shape index (κ1) is 44.5. The Hall–Kier alpha value is -6.03. The number of carbonyl (C=O) groups is 2. The Morgan fingerprint density at radius 2 is 1.46 bits per heavy atom. The third kappa shape index (κ3) is 11.8. The highest BCUT2D eigenvalue weighted by Crippen LogP contribution is 2.37. The average Bonchev–Trinajstić information content (AvgIpc) is 3.64. The molecule has 2 heterocycles. The normalized spacial score (nSPS) is 12.3. The van der Waals surface area contributed by atoms with Gasteiger partial charge in [-0.3, -0.25) is 19.3 Å². The third-order valence-electron chi connectivity index (χ3n) is 10.4. The largest absolute Gasteiger partial charge is 0.488 e. The van der Waals surface area contributed by atoms with Gasteiger partial charge in [-0.25, -0.2) is 0 Å².